The number of nitrogens with two attached hydrogens (primary N) is 1. The van der Waals surface area contributed by atoms with Gasteiger partial charge in [0, 0.05) is 29.8 Å². The number of hydrogen-bond donors (Lipinski definition) is 2. The minimum absolute atomic E-state index is 0.0958. The summed E-state index contributed by atoms with van der Waals surface area (Å²) in [6.07, 6.45) is 1.51. The molecule has 0 aliphatic carbocycles. The van der Waals surface area contributed by atoms with Gasteiger partial charge in [-0.2, -0.15) is 0 Å². The van der Waals surface area contributed by atoms with Gasteiger partial charge in [0.05, 0.1) is 13.2 Å². The number of hydrogen-bond acceptors (Lipinski definition) is 4. The summed E-state index contributed by atoms with van der Waals surface area (Å²) in [7, 11) is 1.65. The lowest BCUT2D eigenvalue weighted by molar-refractivity contribution is 0.0658. The van der Waals surface area contributed by atoms with E-state index < -0.39 is 0 Å². The Labute approximate surface area is 124 Å². The first kappa shape index (κ1) is 16.7. The number of benzene rings is 1. The molecule has 0 aromatic heterocycles. The zero-order valence-electron chi connectivity index (χ0n) is 11.0. The Balaban J connectivity index is 2.41. The Morgan fingerprint density at radius 3 is 2.74 bits per heavy atom. The molecule has 0 spiro atoms. The van der Waals surface area contributed by atoms with Crippen LogP contribution >= 0.6 is 23.2 Å². The van der Waals surface area contributed by atoms with E-state index in [9.17, 15) is 0 Å². The van der Waals surface area contributed by atoms with Crippen LogP contribution < -0.4 is 11.3 Å². The molecule has 0 saturated heterocycles. The first-order valence-electron chi connectivity index (χ1n) is 6.14. The summed E-state index contributed by atoms with van der Waals surface area (Å²) in [5.41, 5.74) is 3.76. The predicted octanol–water partition coefficient (Wildman–Crippen LogP) is 2.42. The van der Waals surface area contributed by atoms with Crippen LogP contribution in [0.25, 0.3) is 0 Å². The lowest BCUT2D eigenvalue weighted by atomic mass is 10.0. The summed E-state index contributed by atoms with van der Waals surface area (Å²) in [6, 6.07) is 5.52. The topological polar surface area (TPSA) is 56.5 Å². The summed E-state index contributed by atoms with van der Waals surface area (Å²) < 4.78 is 10.3. The van der Waals surface area contributed by atoms with E-state index in [1.165, 1.54) is 0 Å². The highest BCUT2D eigenvalue weighted by Gasteiger charge is 2.10. The van der Waals surface area contributed by atoms with Crippen LogP contribution in [0.1, 0.15) is 12.0 Å². The van der Waals surface area contributed by atoms with Gasteiger partial charge >= 0.3 is 0 Å². The van der Waals surface area contributed by atoms with Crippen molar-refractivity contribution < 1.29 is 9.47 Å². The number of ether oxygens (including phenoxy) is 2. The normalized spacial score (nSPS) is 12.6. The quantitative estimate of drug-likeness (QED) is 0.418. The van der Waals surface area contributed by atoms with E-state index in [4.69, 9.17) is 38.5 Å². The molecule has 3 N–H and O–H groups in total. The number of halogens is 2. The summed E-state index contributed by atoms with van der Waals surface area (Å²) in [4.78, 5) is 0. The summed E-state index contributed by atoms with van der Waals surface area (Å²) in [6.45, 7) is 1.81. The highest BCUT2D eigenvalue weighted by molar-refractivity contribution is 6.33. The van der Waals surface area contributed by atoms with E-state index in [0.29, 0.717) is 36.3 Å². The van der Waals surface area contributed by atoms with Crippen LogP contribution in [0.5, 0.6) is 0 Å². The van der Waals surface area contributed by atoms with Crippen molar-refractivity contribution >= 4 is 23.2 Å². The van der Waals surface area contributed by atoms with Crippen molar-refractivity contribution in [1.82, 2.24) is 5.43 Å². The lowest BCUT2D eigenvalue weighted by Crippen LogP contribution is -2.37. The third kappa shape index (κ3) is 6.56. The van der Waals surface area contributed by atoms with Crippen LogP contribution in [0.2, 0.25) is 10.0 Å². The molecule has 0 aliphatic rings. The average molecular weight is 307 g/mol. The van der Waals surface area contributed by atoms with Gasteiger partial charge < -0.3 is 9.47 Å². The van der Waals surface area contributed by atoms with Crippen molar-refractivity contribution in [2.45, 2.75) is 18.9 Å². The van der Waals surface area contributed by atoms with Gasteiger partial charge in [0.1, 0.15) is 0 Å². The van der Waals surface area contributed by atoms with Crippen molar-refractivity contribution in [2.75, 3.05) is 26.9 Å². The molecule has 1 aromatic carbocycles. The van der Waals surface area contributed by atoms with Crippen molar-refractivity contribution in [3.63, 3.8) is 0 Å². The van der Waals surface area contributed by atoms with Crippen LogP contribution in [0, 0.1) is 0 Å². The second kappa shape index (κ2) is 9.53. The smallest absolute Gasteiger partial charge is 0.0700 e. The molecule has 0 amide bonds. The maximum Gasteiger partial charge on any atom is 0.0700 e. The van der Waals surface area contributed by atoms with E-state index in [0.717, 1.165) is 12.0 Å². The molecule has 0 fully saturated rings. The van der Waals surface area contributed by atoms with E-state index in [1.54, 1.807) is 19.2 Å². The molecule has 0 bridgehead atoms. The average Bonchev–Trinajstić information content (AvgIpc) is 2.41. The number of nitrogens with one attached hydrogen (secondary N) is 1. The van der Waals surface area contributed by atoms with Gasteiger partial charge in [-0.15, -0.1) is 0 Å². The van der Waals surface area contributed by atoms with Gasteiger partial charge in [0.2, 0.25) is 0 Å². The van der Waals surface area contributed by atoms with E-state index in [1.807, 2.05) is 6.07 Å². The zero-order valence-corrected chi connectivity index (χ0v) is 12.5. The van der Waals surface area contributed by atoms with Crippen molar-refractivity contribution in [1.29, 1.82) is 0 Å². The Bertz CT molecular complexity index is 378. The molecule has 0 heterocycles. The molecule has 4 nitrogen and oxygen atoms in total. The molecule has 1 aromatic rings. The summed E-state index contributed by atoms with van der Waals surface area (Å²) in [5, 5.41) is 1.37. The SMILES string of the molecule is COCCOCCC(Cc1cc(Cl)ccc1Cl)NN. The highest BCUT2D eigenvalue weighted by atomic mass is 35.5. The fraction of sp³-hybridized carbons (Fsp3) is 0.538. The second-order valence-electron chi connectivity index (χ2n) is 4.20. The Morgan fingerprint density at radius 1 is 1.26 bits per heavy atom. The van der Waals surface area contributed by atoms with Crippen LogP contribution in [0.15, 0.2) is 18.2 Å². The van der Waals surface area contributed by atoms with Crippen molar-refractivity contribution in [3.8, 4) is 0 Å². The van der Waals surface area contributed by atoms with Gasteiger partial charge in [0.25, 0.3) is 0 Å². The Kier molecular flexibility index (Phi) is 8.37. The van der Waals surface area contributed by atoms with Crippen LogP contribution in [0.3, 0.4) is 0 Å². The van der Waals surface area contributed by atoms with Crippen LogP contribution in [0.4, 0.5) is 0 Å². The summed E-state index contributed by atoms with van der Waals surface area (Å²) in [5.74, 6) is 5.54. The molecular formula is C13H20Cl2N2O2. The molecule has 0 radical (unpaired) electrons. The molecular weight excluding hydrogens is 287 g/mol. The van der Waals surface area contributed by atoms with Gasteiger partial charge in [-0.05, 0) is 36.6 Å². The first-order chi connectivity index (χ1) is 9.17. The van der Waals surface area contributed by atoms with Gasteiger partial charge in [-0.25, -0.2) is 0 Å². The van der Waals surface area contributed by atoms with Gasteiger partial charge in [0.15, 0.2) is 0 Å². The van der Waals surface area contributed by atoms with E-state index in [2.05, 4.69) is 5.43 Å². The minimum Gasteiger partial charge on any atom is -0.382 e. The standard InChI is InChI=1S/C13H20Cl2N2O2/c1-18-6-7-19-5-4-12(17-16)9-10-8-11(14)2-3-13(10)15/h2-3,8,12,17H,4-7,9,16H2,1H3. The molecule has 1 unspecified atom stereocenters. The molecule has 1 rings (SSSR count). The predicted molar refractivity (Wildman–Crippen MR) is 78.6 cm³/mol. The molecule has 0 aliphatic heterocycles. The third-order valence-electron chi connectivity index (χ3n) is 2.75. The second-order valence-corrected chi connectivity index (χ2v) is 5.04. The Hall–Kier alpha value is -0.360. The van der Waals surface area contributed by atoms with E-state index in [-0.39, 0.29) is 6.04 Å². The molecule has 6 heteroatoms. The van der Waals surface area contributed by atoms with Crippen LogP contribution in [-0.4, -0.2) is 33.0 Å². The highest BCUT2D eigenvalue weighted by Crippen LogP contribution is 2.22. The van der Waals surface area contributed by atoms with Crippen molar-refractivity contribution in [2.24, 2.45) is 5.84 Å². The maximum atomic E-state index is 6.12. The summed E-state index contributed by atoms with van der Waals surface area (Å²) >= 11 is 12.1. The number of methoxy groups -OCH3 is 1. The van der Waals surface area contributed by atoms with Gasteiger partial charge in [-0.3, -0.25) is 11.3 Å². The first-order valence-corrected chi connectivity index (χ1v) is 6.89. The molecule has 1 atom stereocenters. The molecule has 0 saturated carbocycles. The zero-order chi connectivity index (χ0) is 14.1. The number of hydrazine groups is 1. The van der Waals surface area contributed by atoms with Crippen molar-refractivity contribution in [3.05, 3.63) is 33.8 Å². The molecule has 19 heavy (non-hydrogen) atoms. The largest absolute Gasteiger partial charge is 0.382 e. The lowest BCUT2D eigenvalue weighted by Gasteiger charge is -2.17. The van der Waals surface area contributed by atoms with Gasteiger partial charge in [-0.1, -0.05) is 23.2 Å². The minimum atomic E-state index is 0.0958. The van der Waals surface area contributed by atoms with Crippen LogP contribution in [-0.2, 0) is 15.9 Å². The molecule has 108 valence electrons. The fourth-order valence-electron chi connectivity index (χ4n) is 1.68. The van der Waals surface area contributed by atoms with E-state index >= 15 is 0 Å². The monoisotopic (exact) mass is 306 g/mol. The Morgan fingerprint density at radius 2 is 2.05 bits per heavy atom. The number of rotatable bonds is 9. The third-order valence-corrected chi connectivity index (χ3v) is 3.36. The fourth-order valence-corrected chi connectivity index (χ4v) is 2.07. The maximum absolute atomic E-state index is 6.12.